The lowest BCUT2D eigenvalue weighted by Crippen LogP contribution is -2.43. The predicted molar refractivity (Wildman–Crippen MR) is 96.5 cm³/mol. The highest BCUT2D eigenvalue weighted by Gasteiger charge is 2.46. The van der Waals surface area contributed by atoms with E-state index in [-0.39, 0.29) is 36.4 Å². The maximum absolute atomic E-state index is 14.3. The number of hydrogen-bond acceptors (Lipinski definition) is 3. The van der Waals surface area contributed by atoms with Crippen LogP contribution in [0.2, 0.25) is 0 Å². The molecule has 142 valence electrons. The summed E-state index contributed by atoms with van der Waals surface area (Å²) in [7, 11) is 0. The molecule has 1 aliphatic rings. The number of benzene rings is 2. The van der Waals surface area contributed by atoms with Gasteiger partial charge in [0.25, 0.3) is 0 Å². The highest BCUT2D eigenvalue weighted by Crippen LogP contribution is 2.43. The number of amides is 1. The molecule has 1 amide bonds. The minimum absolute atomic E-state index is 0.00684. The Morgan fingerprint density at radius 1 is 1.26 bits per heavy atom. The zero-order valence-electron chi connectivity index (χ0n) is 14.8. The van der Waals surface area contributed by atoms with E-state index in [1.165, 1.54) is 11.9 Å². The number of hydrogen-bond donors (Lipinski definition) is 1. The number of rotatable bonds is 5. The molecule has 0 aliphatic carbocycles. The third-order valence-electron chi connectivity index (χ3n) is 4.77. The molecular weight excluding hydrogens is 355 g/mol. The molecule has 0 saturated heterocycles. The summed E-state index contributed by atoms with van der Waals surface area (Å²) in [5.74, 6) is -1.62. The van der Waals surface area contributed by atoms with Crippen molar-refractivity contribution in [1.82, 2.24) is 5.01 Å². The molecule has 7 heteroatoms. The van der Waals surface area contributed by atoms with E-state index in [4.69, 9.17) is 5.73 Å². The molecule has 0 aromatic heterocycles. The molecule has 0 spiro atoms. The Labute approximate surface area is 155 Å². The van der Waals surface area contributed by atoms with Gasteiger partial charge in [-0.25, -0.2) is 18.2 Å². The monoisotopic (exact) mass is 375 g/mol. The van der Waals surface area contributed by atoms with Crippen molar-refractivity contribution in [3.63, 3.8) is 0 Å². The summed E-state index contributed by atoms with van der Waals surface area (Å²) in [5, 5.41) is 5.54. The summed E-state index contributed by atoms with van der Waals surface area (Å²) >= 11 is 0. The Bertz CT molecular complexity index is 870. The third-order valence-corrected chi connectivity index (χ3v) is 4.77. The number of carbonyl (C=O) groups excluding carboxylic acids is 1. The van der Waals surface area contributed by atoms with Crippen molar-refractivity contribution in [2.75, 3.05) is 0 Å². The average Bonchev–Trinajstić information content (AvgIpc) is 3.04. The molecule has 0 bridgehead atoms. The standard InChI is InChI=1S/C20H20F3N3O/c1-13(27)26-20(10-9-19(23)24,14-5-3-2-4-6-14)12-18(25-26)16-11-15(21)7-8-17(16)22/h2-8,11,19H,9-10,12,24H2,1H3/t19-,20-/m0/s1. The van der Waals surface area contributed by atoms with Crippen LogP contribution in [0.25, 0.3) is 0 Å². The van der Waals surface area contributed by atoms with Crippen molar-refractivity contribution in [3.05, 3.63) is 71.3 Å². The Kier molecular flexibility index (Phi) is 5.32. The highest BCUT2D eigenvalue weighted by atomic mass is 19.1. The van der Waals surface area contributed by atoms with Crippen LogP contribution >= 0.6 is 0 Å². The van der Waals surface area contributed by atoms with E-state index < -0.39 is 23.5 Å². The number of hydrazone groups is 1. The second-order valence-corrected chi connectivity index (χ2v) is 6.63. The highest BCUT2D eigenvalue weighted by molar-refractivity contribution is 6.03. The normalized spacial score (nSPS) is 20.5. The Hall–Kier alpha value is -2.67. The summed E-state index contributed by atoms with van der Waals surface area (Å²) in [6, 6.07) is 12.1. The minimum atomic E-state index is -1.56. The van der Waals surface area contributed by atoms with Gasteiger partial charge in [0, 0.05) is 18.9 Å². The maximum atomic E-state index is 14.3. The van der Waals surface area contributed by atoms with Gasteiger partial charge in [-0.2, -0.15) is 5.10 Å². The van der Waals surface area contributed by atoms with Crippen LogP contribution in [-0.2, 0) is 10.3 Å². The van der Waals surface area contributed by atoms with Gasteiger partial charge in [0.05, 0.1) is 11.3 Å². The van der Waals surface area contributed by atoms with Crippen LogP contribution in [0, 0.1) is 11.6 Å². The molecule has 4 nitrogen and oxygen atoms in total. The van der Waals surface area contributed by atoms with Crippen LogP contribution in [0.15, 0.2) is 53.6 Å². The minimum Gasteiger partial charge on any atom is -0.302 e. The first kappa shape index (κ1) is 19.1. The quantitative estimate of drug-likeness (QED) is 0.807. The molecular formula is C20H20F3N3O. The zero-order valence-corrected chi connectivity index (χ0v) is 14.8. The topological polar surface area (TPSA) is 58.7 Å². The lowest BCUT2D eigenvalue weighted by molar-refractivity contribution is -0.135. The molecule has 2 N–H and O–H groups in total. The van der Waals surface area contributed by atoms with Crippen LogP contribution in [0.3, 0.4) is 0 Å². The fraction of sp³-hybridized carbons (Fsp3) is 0.300. The smallest absolute Gasteiger partial charge is 0.240 e. The fourth-order valence-corrected chi connectivity index (χ4v) is 3.53. The van der Waals surface area contributed by atoms with Crippen LogP contribution in [-0.4, -0.2) is 22.9 Å². The van der Waals surface area contributed by atoms with Crippen molar-refractivity contribution in [2.24, 2.45) is 10.8 Å². The van der Waals surface area contributed by atoms with Crippen LogP contribution in [0.5, 0.6) is 0 Å². The zero-order chi connectivity index (χ0) is 19.6. The summed E-state index contributed by atoms with van der Waals surface area (Å²) in [6.07, 6.45) is -1.25. The second-order valence-electron chi connectivity index (χ2n) is 6.63. The molecule has 3 rings (SSSR count). The molecule has 0 unspecified atom stereocenters. The molecule has 1 heterocycles. The molecule has 0 fully saturated rings. The van der Waals surface area contributed by atoms with Gasteiger partial charge < -0.3 is 5.73 Å². The maximum Gasteiger partial charge on any atom is 0.240 e. The Balaban J connectivity index is 2.10. The molecule has 2 atom stereocenters. The van der Waals surface area contributed by atoms with Gasteiger partial charge in [-0.05, 0) is 36.6 Å². The molecule has 0 radical (unpaired) electrons. The Morgan fingerprint density at radius 2 is 1.96 bits per heavy atom. The molecule has 1 aliphatic heterocycles. The van der Waals surface area contributed by atoms with E-state index >= 15 is 0 Å². The molecule has 2 aromatic rings. The van der Waals surface area contributed by atoms with Crippen LogP contribution in [0.1, 0.15) is 37.3 Å². The number of nitrogens with two attached hydrogens (primary N) is 1. The van der Waals surface area contributed by atoms with Gasteiger partial charge in [0.1, 0.15) is 17.9 Å². The van der Waals surface area contributed by atoms with E-state index in [9.17, 15) is 18.0 Å². The van der Waals surface area contributed by atoms with E-state index in [0.717, 1.165) is 23.8 Å². The molecule has 2 aromatic carbocycles. The fourth-order valence-electron chi connectivity index (χ4n) is 3.53. The summed E-state index contributed by atoms with van der Waals surface area (Å²) in [4.78, 5) is 12.3. The van der Waals surface area contributed by atoms with E-state index in [1.54, 1.807) is 24.3 Å². The third kappa shape index (κ3) is 3.73. The SMILES string of the molecule is CC(=O)N1N=C(c2cc(F)ccc2F)C[C@@]1(CC[C@H](N)F)c1ccccc1. The largest absolute Gasteiger partial charge is 0.302 e. The lowest BCUT2D eigenvalue weighted by Gasteiger charge is -2.36. The van der Waals surface area contributed by atoms with Crippen molar-refractivity contribution in [1.29, 1.82) is 0 Å². The first-order valence-corrected chi connectivity index (χ1v) is 8.62. The summed E-state index contributed by atoms with van der Waals surface area (Å²) in [5.41, 5.74) is 5.25. The number of halogens is 3. The van der Waals surface area contributed by atoms with Crippen molar-refractivity contribution in [3.8, 4) is 0 Å². The first-order chi connectivity index (χ1) is 12.8. The molecule has 0 saturated carbocycles. The van der Waals surface area contributed by atoms with Gasteiger partial charge >= 0.3 is 0 Å². The summed E-state index contributed by atoms with van der Waals surface area (Å²) < 4.78 is 41.4. The van der Waals surface area contributed by atoms with E-state index in [0.29, 0.717) is 0 Å². The van der Waals surface area contributed by atoms with Crippen LogP contribution in [0.4, 0.5) is 13.2 Å². The van der Waals surface area contributed by atoms with Gasteiger partial charge in [-0.3, -0.25) is 4.79 Å². The van der Waals surface area contributed by atoms with Gasteiger partial charge in [-0.15, -0.1) is 0 Å². The Morgan fingerprint density at radius 3 is 2.59 bits per heavy atom. The number of carbonyl (C=O) groups is 1. The molecule has 27 heavy (non-hydrogen) atoms. The van der Waals surface area contributed by atoms with Gasteiger partial charge in [0.2, 0.25) is 5.91 Å². The number of alkyl halides is 1. The van der Waals surface area contributed by atoms with Gasteiger partial charge in [-0.1, -0.05) is 30.3 Å². The predicted octanol–water partition coefficient (Wildman–Crippen LogP) is 3.85. The van der Waals surface area contributed by atoms with Crippen molar-refractivity contribution in [2.45, 2.75) is 38.0 Å². The van der Waals surface area contributed by atoms with Crippen molar-refractivity contribution >= 4 is 11.6 Å². The van der Waals surface area contributed by atoms with Crippen molar-refractivity contribution < 1.29 is 18.0 Å². The number of nitrogens with zero attached hydrogens (tertiary/aromatic N) is 2. The van der Waals surface area contributed by atoms with Crippen LogP contribution < -0.4 is 5.73 Å². The summed E-state index contributed by atoms with van der Waals surface area (Å²) in [6.45, 7) is 1.33. The average molecular weight is 375 g/mol. The van der Waals surface area contributed by atoms with E-state index in [1.807, 2.05) is 6.07 Å². The first-order valence-electron chi connectivity index (χ1n) is 8.62. The second kappa shape index (κ2) is 7.52. The van der Waals surface area contributed by atoms with E-state index in [2.05, 4.69) is 5.10 Å². The van der Waals surface area contributed by atoms with Gasteiger partial charge in [0.15, 0.2) is 0 Å². The lowest BCUT2D eigenvalue weighted by atomic mass is 9.80.